The molecule has 36 heavy (non-hydrogen) atoms. The van der Waals surface area contributed by atoms with Gasteiger partial charge in [-0.1, -0.05) is 28.9 Å². The number of rotatable bonds is 7. The summed E-state index contributed by atoms with van der Waals surface area (Å²) in [6.45, 7) is 3.10. The molecule has 1 aromatic heterocycles. The molecule has 3 aromatic carbocycles. The van der Waals surface area contributed by atoms with Gasteiger partial charge in [0.2, 0.25) is 0 Å². The number of oxazole rings is 1. The zero-order valence-corrected chi connectivity index (χ0v) is 20.3. The number of amides is 1. The van der Waals surface area contributed by atoms with E-state index in [-0.39, 0.29) is 10.6 Å². The first-order chi connectivity index (χ1) is 17.5. The molecule has 0 bridgehead atoms. The Morgan fingerprint density at radius 1 is 1.03 bits per heavy atom. The van der Waals surface area contributed by atoms with Crippen LogP contribution in [0.5, 0.6) is 5.75 Å². The minimum Gasteiger partial charge on any atom is -0.465 e. The standard InChI is InChI=1S/C28H28N3O5/c1-19-7-3-4-8-23(19)30-26(21-11-14-24-25(17-21)35-18-29-24)27(32)31(15-5-6-16-31)36-22-12-9-20(10-13-22)28(33)34-2/h3-4,7-14,17-18,26,30H,5-6,15-16H2,1-2H3/q+1. The molecule has 8 nitrogen and oxygen atoms in total. The summed E-state index contributed by atoms with van der Waals surface area (Å²) in [5.41, 5.74) is 4.43. The summed E-state index contributed by atoms with van der Waals surface area (Å²) in [6, 6.07) is 19.5. The molecular formula is C28H28N3O5+. The number of hydroxylamine groups is 3. The van der Waals surface area contributed by atoms with E-state index in [9.17, 15) is 9.59 Å². The van der Waals surface area contributed by atoms with Crippen LogP contribution in [0.4, 0.5) is 5.69 Å². The molecule has 4 aromatic rings. The van der Waals surface area contributed by atoms with Crippen molar-refractivity contribution in [3.05, 3.63) is 89.8 Å². The maximum Gasteiger partial charge on any atom is 0.381 e. The second kappa shape index (κ2) is 9.83. The van der Waals surface area contributed by atoms with Gasteiger partial charge in [0.15, 0.2) is 23.8 Å². The van der Waals surface area contributed by atoms with Crippen molar-refractivity contribution < 1.29 is 28.2 Å². The Morgan fingerprint density at radius 2 is 1.78 bits per heavy atom. The topological polar surface area (TPSA) is 90.7 Å². The van der Waals surface area contributed by atoms with E-state index in [0.717, 1.165) is 35.2 Å². The third-order valence-electron chi connectivity index (χ3n) is 6.63. The number of methoxy groups -OCH3 is 1. The van der Waals surface area contributed by atoms with E-state index in [1.54, 1.807) is 24.3 Å². The summed E-state index contributed by atoms with van der Waals surface area (Å²) >= 11 is 0. The summed E-state index contributed by atoms with van der Waals surface area (Å²) in [6.07, 6.45) is 3.13. The number of nitrogens with zero attached hydrogens (tertiary/aromatic N) is 2. The van der Waals surface area contributed by atoms with Gasteiger partial charge < -0.3 is 19.3 Å². The first kappa shape index (κ1) is 23.6. The number of hydrogen-bond acceptors (Lipinski definition) is 7. The number of anilines is 1. The number of para-hydroxylation sites is 1. The Morgan fingerprint density at radius 3 is 2.50 bits per heavy atom. The minimum atomic E-state index is -0.687. The lowest BCUT2D eigenvalue weighted by molar-refractivity contribution is -1.00. The first-order valence-corrected chi connectivity index (χ1v) is 11.9. The van der Waals surface area contributed by atoms with Gasteiger partial charge in [-0.25, -0.2) is 14.6 Å². The smallest absolute Gasteiger partial charge is 0.381 e. The van der Waals surface area contributed by atoms with Crippen molar-refractivity contribution in [2.75, 3.05) is 25.5 Å². The van der Waals surface area contributed by atoms with Crippen molar-refractivity contribution in [1.29, 1.82) is 0 Å². The fourth-order valence-corrected chi connectivity index (χ4v) is 4.64. The van der Waals surface area contributed by atoms with Crippen LogP contribution < -0.4 is 10.2 Å². The number of ether oxygens (including phenoxy) is 1. The quantitative estimate of drug-likeness (QED) is 0.283. The maximum absolute atomic E-state index is 14.3. The van der Waals surface area contributed by atoms with Crippen molar-refractivity contribution in [3.8, 4) is 5.75 Å². The number of benzene rings is 3. The molecule has 2 heterocycles. The molecule has 184 valence electrons. The zero-order chi connectivity index (χ0) is 25.1. The SMILES string of the molecule is COC(=O)c1ccc(O[N+]2(C(=O)C(Nc3ccccc3C)c3ccc4ncoc4c3)CCCC2)cc1. The summed E-state index contributed by atoms with van der Waals surface area (Å²) in [4.78, 5) is 36.8. The second-order valence-corrected chi connectivity index (χ2v) is 8.96. The Balaban J connectivity index is 1.51. The number of hydrogen-bond donors (Lipinski definition) is 1. The fraction of sp³-hybridized carbons (Fsp3) is 0.250. The third-order valence-corrected chi connectivity index (χ3v) is 6.63. The van der Waals surface area contributed by atoms with Gasteiger partial charge in [-0.15, -0.1) is 0 Å². The highest BCUT2D eigenvalue weighted by Gasteiger charge is 2.48. The molecule has 1 atom stereocenters. The Hall–Kier alpha value is -4.17. The average molecular weight is 487 g/mol. The average Bonchev–Trinajstić information content (AvgIpc) is 3.58. The van der Waals surface area contributed by atoms with Gasteiger partial charge in [0, 0.05) is 18.5 Å². The molecule has 0 aliphatic carbocycles. The Kier molecular flexibility index (Phi) is 6.43. The number of quaternary nitrogens is 1. The largest absolute Gasteiger partial charge is 0.465 e. The first-order valence-electron chi connectivity index (χ1n) is 11.9. The molecule has 0 saturated carbocycles. The number of likely N-dealkylation sites (tertiary alicyclic amines) is 1. The van der Waals surface area contributed by atoms with E-state index in [1.165, 1.54) is 13.5 Å². The van der Waals surface area contributed by atoms with Gasteiger partial charge in [0.1, 0.15) is 18.6 Å². The van der Waals surface area contributed by atoms with Crippen LogP contribution in [0.2, 0.25) is 0 Å². The summed E-state index contributed by atoms with van der Waals surface area (Å²) in [7, 11) is 1.34. The number of fused-ring (bicyclic) bond motifs is 1. The molecule has 1 fully saturated rings. The lowest BCUT2D eigenvalue weighted by Gasteiger charge is -2.32. The van der Waals surface area contributed by atoms with Crippen LogP contribution in [0.15, 0.2) is 77.5 Å². The van der Waals surface area contributed by atoms with E-state index in [1.807, 2.05) is 49.4 Å². The second-order valence-electron chi connectivity index (χ2n) is 8.96. The summed E-state index contributed by atoms with van der Waals surface area (Å²) < 4.78 is 10.1. The lowest BCUT2D eigenvalue weighted by atomic mass is 10.0. The minimum absolute atomic E-state index is 0.105. The van der Waals surface area contributed by atoms with Crippen molar-refractivity contribution >= 4 is 28.7 Å². The molecule has 1 N–H and O–H groups in total. The summed E-state index contributed by atoms with van der Waals surface area (Å²) in [5, 5.41) is 3.47. The highest BCUT2D eigenvalue weighted by molar-refractivity contribution is 5.89. The van der Waals surface area contributed by atoms with Crippen molar-refractivity contribution in [2.24, 2.45) is 0 Å². The van der Waals surface area contributed by atoms with E-state index in [4.69, 9.17) is 14.0 Å². The van der Waals surface area contributed by atoms with Crippen LogP contribution >= 0.6 is 0 Å². The number of carbonyl (C=O) groups excluding carboxylic acids is 2. The zero-order valence-electron chi connectivity index (χ0n) is 20.3. The van der Waals surface area contributed by atoms with Gasteiger partial charge in [0.25, 0.3) is 0 Å². The van der Waals surface area contributed by atoms with Gasteiger partial charge in [-0.2, -0.15) is 0 Å². The Labute approximate surface area is 209 Å². The van der Waals surface area contributed by atoms with Gasteiger partial charge in [-0.3, -0.25) is 0 Å². The van der Waals surface area contributed by atoms with Crippen molar-refractivity contribution in [1.82, 2.24) is 4.98 Å². The van der Waals surface area contributed by atoms with E-state index < -0.39 is 12.0 Å². The molecule has 5 rings (SSSR count). The monoisotopic (exact) mass is 486 g/mol. The molecular weight excluding hydrogens is 458 g/mol. The van der Waals surface area contributed by atoms with Crippen molar-refractivity contribution in [3.63, 3.8) is 0 Å². The highest BCUT2D eigenvalue weighted by atomic mass is 16.7. The van der Waals surface area contributed by atoms with Crippen LogP contribution in [0.3, 0.4) is 0 Å². The van der Waals surface area contributed by atoms with E-state index in [0.29, 0.717) is 30.0 Å². The number of aromatic nitrogens is 1. The van der Waals surface area contributed by atoms with E-state index >= 15 is 0 Å². The molecule has 0 radical (unpaired) electrons. The predicted molar refractivity (Wildman–Crippen MR) is 134 cm³/mol. The number of nitrogens with one attached hydrogen (secondary N) is 1. The van der Waals surface area contributed by atoms with Gasteiger partial charge in [0.05, 0.1) is 12.7 Å². The molecule has 1 aliphatic rings. The van der Waals surface area contributed by atoms with Crippen LogP contribution in [-0.2, 0) is 9.53 Å². The molecule has 1 amide bonds. The Bertz CT molecular complexity index is 1390. The van der Waals surface area contributed by atoms with Crippen LogP contribution in [0.1, 0.15) is 40.4 Å². The van der Waals surface area contributed by atoms with Crippen molar-refractivity contribution in [2.45, 2.75) is 25.8 Å². The molecule has 1 unspecified atom stereocenters. The summed E-state index contributed by atoms with van der Waals surface area (Å²) in [5.74, 6) is -0.0158. The molecule has 1 saturated heterocycles. The number of carbonyl (C=O) groups is 2. The lowest BCUT2D eigenvalue weighted by Crippen LogP contribution is -2.56. The molecule has 0 spiro atoms. The van der Waals surface area contributed by atoms with Crippen LogP contribution in [0, 0.1) is 6.92 Å². The van der Waals surface area contributed by atoms with Crippen LogP contribution in [0.25, 0.3) is 11.1 Å². The molecule has 1 aliphatic heterocycles. The molecule has 8 heteroatoms. The fourth-order valence-electron chi connectivity index (χ4n) is 4.64. The number of esters is 1. The van der Waals surface area contributed by atoms with Gasteiger partial charge >= 0.3 is 11.9 Å². The number of aryl methyl sites for hydroxylation is 1. The van der Waals surface area contributed by atoms with Crippen LogP contribution in [-0.4, -0.2) is 41.7 Å². The normalized spacial score (nSPS) is 15.4. The maximum atomic E-state index is 14.3. The highest BCUT2D eigenvalue weighted by Crippen LogP contribution is 2.33. The van der Waals surface area contributed by atoms with E-state index in [2.05, 4.69) is 10.3 Å². The third kappa shape index (κ3) is 4.55. The predicted octanol–water partition coefficient (Wildman–Crippen LogP) is 5.21. The van der Waals surface area contributed by atoms with Gasteiger partial charge in [-0.05, 0) is 60.5 Å².